The van der Waals surface area contributed by atoms with Crippen molar-refractivity contribution in [1.29, 1.82) is 5.26 Å². The largest absolute Gasteiger partial charge is 0.493 e. The Hall–Kier alpha value is -4.70. The monoisotopic (exact) mass is 768 g/mol. The molecular formula is C43H49ClN4O7. The van der Waals surface area contributed by atoms with Crippen LogP contribution in [0.1, 0.15) is 59.1 Å². The number of carboxylic acids is 1. The van der Waals surface area contributed by atoms with Gasteiger partial charge in [0.25, 0.3) is 0 Å². The summed E-state index contributed by atoms with van der Waals surface area (Å²) in [6.45, 7) is 9.14. The summed E-state index contributed by atoms with van der Waals surface area (Å²) in [7, 11) is 0. The molecule has 0 amide bonds. The van der Waals surface area contributed by atoms with Gasteiger partial charge in [-0.15, -0.1) is 0 Å². The molecule has 2 atom stereocenters. The summed E-state index contributed by atoms with van der Waals surface area (Å²) in [6, 6.07) is 19.1. The molecule has 12 heteroatoms. The van der Waals surface area contributed by atoms with Crippen LogP contribution >= 0.6 is 11.6 Å². The lowest BCUT2D eigenvalue weighted by atomic mass is 9.93. The van der Waals surface area contributed by atoms with E-state index in [0.717, 1.165) is 77.0 Å². The smallest absolute Gasteiger partial charge is 0.320 e. The minimum atomic E-state index is -0.836. The van der Waals surface area contributed by atoms with E-state index in [1.54, 1.807) is 24.4 Å². The Morgan fingerprint density at radius 1 is 0.945 bits per heavy atom. The number of nitriles is 1. The summed E-state index contributed by atoms with van der Waals surface area (Å²) < 4.78 is 24.5. The number of morpholine rings is 1. The molecule has 3 aromatic carbocycles. The van der Waals surface area contributed by atoms with Crippen LogP contribution in [0.15, 0.2) is 67.0 Å². The molecule has 2 N–H and O–H groups in total. The number of rotatable bonds is 16. The highest BCUT2D eigenvalue weighted by molar-refractivity contribution is 6.32. The predicted molar refractivity (Wildman–Crippen MR) is 209 cm³/mol. The summed E-state index contributed by atoms with van der Waals surface area (Å²) in [5.41, 5.74) is 7.19. The first-order valence-corrected chi connectivity index (χ1v) is 19.3. The highest BCUT2D eigenvalue weighted by atomic mass is 35.5. The normalized spacial score (nSPS) is 17.7. The Balaban J connectivity index is 1.17. The number of likely N-dealkylation sites (tertiary alicyclic amines) is 1. The Morgan fingerprint density at radius 3 is 2.55 bits per heavy atom. The molecule has 3 heterocycles. The van der Waals surface area contributed by atoms with Crippen LogP contribution in [0.2, 0.25) is 5.02 Å². The average Bonchev–Trinajstić information content (AvgIpc) is 3.20. The van der Waals surface area contributed by atoms with E-state index >= 15 is 0 Å². The second kappa shape index (κ2) is 19.2. The molecule has 0 aliphatic carbocycles. The number of hydrogen-bond donors (Lipinski definition) is 2. The third-order valence-corrected chi connectivity index (χ3v) is 10.8. The van der Waals surface area contributed by atoms with Crippen LogP contribution in [0.25, 0.3) is 11.1 Å². The van der Waals surface area contributed by atoms with Gasteiger partial charge in [0, 0.05) is 49.2 Å². The van der Waals surface area contributed by atoms with Gasteiger partial charge in [-0.3, -0.25) is 19.6 Å². The van der Waals surface area contributed by atoms with E-state index in [4.69, 9.17) is 30.5 Å². The minimum Gasteiger partial charge on any atom is -0.493 e. The van der Waals surface area contributed by atoms with Gasteiger partial charge >= 0.3 is 5.97 Å². The number of hydrogen-bond acceptors (Lipinski definition) is 10. The number of aromatic nitrogens is 1. The molecule has 0 radical (unpaired) electrons. The molecule has 55 heavy (non-hydrogen) atoms. The lowest BCUT2D eigenvalue weighted by Gasteiger charge is -2.34. The van der Waals surface area contributed by atoms with E-state index in [-0.39, 0.29) is 25.9 Å². The van der Waals surface area contributed by atoms with Crippen LogP contribution in [0, 0.1) is 25.2 Å². The summed E-state index contributed by atoms with van der Waals surface area (Å²) in [4.78, 5) is 20.5. The number of halogens is 1. The molecular weight excluding hydrogens is 720 g/mol. The fourth-order valence-corrected chi connectivity index (χ4v) is 7.60. The second-order valence-corrected chi connectivity index (χ2v) is 14.6. The summed E-state index contributed by atoms with van der Waals surface area (Å²) in [5, 5.41) is 29.3. The number of aliphatic hydroxyl groups is 1. The molecule has 0 spiro atoms. The van der Waals surface area contributed by atoms with E-state index in [9.17, 15) is 20.3 Å². The maximum absolute atomic E-state index is 12.1. The molecule has 4 aromatic rings. The van der Waals surface area contributed by atoms with Gasteiger partial charge in [0.2, 0.25) is 0 Å². The van der Waals surface area contributed by atoms with Crippen molar-refractivity contribution in [2.75, 3.05) is 46.1 Å². The number of pyridine rings is 1. The van der Waals surface area contributed by atoms with Crippen molar-refractivity contribution in [3.63, 3.8) is 0 Å². The molecule has 2 saturated heterocycles. The van der Waals surface area contributed by atoms with Crippen LogP contribution in [0.5, 0.6) is 17.2 Å². The molecule has 1 unspecified atom stereocenters. The fourth-order valence-electron chi connectivity index (χ4n) is 7.36. The number of carboxylic acid groups (broad SMARTS) is 1. The zero-order valence-electron chi connectivity index (χ0n) is 31.5. The van der Waals surface area contributed by atoms with E-state index in [1.165, 1.54) is 6.20 Å². The number of aliphatic carboxylic acids is 1. The molecule has 290 valence electrons. The van der Waals surface area contributed by atoms with Crippen molar-refractivity contribution in [2.24, 2.45) is 0 Å². The van der Waals surface area contributed by atoms with Gasteiger partial charge < -0.3 is 29.2 Å². The van der Waals surface area contributed by atoms with Gasteiger partial charge in [-0.05, 0) is 85.7 Å². The molecule has 0 saturated carbocycles. The maximum Gasteiger partial charge on any atom is 0.320 e. The number of carbonyl (C=O) groups is 1. The molecule has 0 bridgehead atoms. The molecule has 1 aromatic heterocycles. The van der Waals surface area contributed by atoms with E-state index in [1.807, 2.05) is 29.2 Å². The lowest BCUT2D eigenvalue weighted by Crippen LogP contribution is -2.47. The molecule has 2 aliphatic rings. The SMILES string of the molecule is Cc1c(COc2cc(OCc3cncc(C#N)c3)c(CN3CCCC[C@H]3C(=O)O)cc2Cl)cccc1-c1cccc(OCCCN2CCOCC2CO)c1C. The molecule has 2 fully saturated rings. The van der Waals surface area contributed by atoms with Crippen molar-refractivity contribution in [3.05, 3.63) is 105 Å². The average molecular weight is 769 g/mol. The Kier molecular flexibility index (Phi) is 14.0. The molecule has 2 aliphatic heterocycles. The van der Waals surface area contributed by atoms with E-state index in [2.05, 4.69) is 41.9 Å². The number of nitrogens with zero attached hydrogens (tertiary/aromatic N) is 4. The van der Waals surface area contributed by atoms with Crippen molar-refractivity contribution in [3.8, 4) is 34.4 Å². The third-order valence-electron chi connectivity index (χ3n) is 10.5. The number of ether oxygens (including phenoxy) is 4. The molecule has 11 nitrogen and oxygen atoms in total. The summed E-state index contributed by atoms with van der Waals surface area (Å²) in [5.74, 6) is 0.966. The van der Waals surface area contributed by atoms with Crippen LogP contribution < -0.4 is 14.2 Å². The summed E-state index contributed by atoms with van der Waals surface area (Å²) in [6.07, 6.45) is 6.36. The second-order valence-electron chi connectivity index (χ2n) is 14.1. The first-order chi connectivity index (χ1) is 26.7. The van der Waals surface area contributed by atoms with Gasteiger partial charge in [-0.1, -0.05) is 48.4 Å². The lowest BCUT2D eigenvalue weighted by molar-refractivity contribution is -0.144. The quantitative estimate of drug-likeness (QED) is 0.115. The minimum absolute atomic E-state index is 0.0406. The van der Waals surface area contributed by atoms with Gasteiger partial charge in [0.05, 0.1) is 43.1 Å². The Labute approximate surface area is 328 Å². The highest BCUT2D eigenvalue weighted by Gasteiger charge is 2.29. The van der Waals surface area contributed by atoms with Gasteiger partial charge in [-0.2, -0.15) is 5.26 Å². The summed E-state index contributed by atoms with van der Waals surface area (Å²) >= 11 is 6.86. The van der Waals surface area contributed by atoms with Crippen molar-refractivity contribution in [2.45, 2.75) is 71.4 Å². The number of piperidine rings is 1. The van der Waals surface area contributed by atoms with Crippen molar-refractivity contribution >= 4 is 17.6 Å². The van der Waals surface area contributed by atoms with Crippen LogP contribution in [-0.4, -0.2) is 89.1 Å². The standard InChI is InChI=1S/C43H49ClN4O7/c1-29-33(8-5-9-36(29)37-10-6-12-40(30(37)2)53-16-7-14-47-15-17-52-28-35(47)25-49)27-55-42-20-41(54-26-32-18-31(21-45)22-46-23-32)34(19-38(42)44)24-48-13-4-3-11-39(48)43(50)51/h5-6,8-10,12,18-20,22-23,35,39,49H,3-4,7,11,13-17,24-28H2,1-2H3,(H,50,51)/t35?,39-/m0/s1. The predicted octanol–water partition coefficient (Wildman–Crippen LogP) is 6.95. The topological polar surface area (TPSA) is 138 Å². The van der Waals surface area contributed by atoms with Gasteiger partial charge in [-0.25, -0.2) is 0 Å². The van der Waals surface area contributed by atoms with E-state index in [0.29, 0.717) is 61.4 Å². The highest BCUT2D eigenvalue weighted by Crippen LogP contribution is 2.37. The van der Waals surface area contributed by atoms with Gasteiger partial charge in [0.1, 0.15) is 42.6 Å². The maximum atomic E-state index is 12.1. The zero-order chi connectivity index (χ0) is 38.7. The Bertz CT molecular complexity index is 1990. The third kappa shape index (κ3) is 10.1. The van der Waals surface area contributed by atoms with E-state index < -0.39 is 12.0 Å². The fraction of sp³-hybridized carbons (Fsp3) is 0.419. The van der Waals surface area contributed by atoms with Crippen molar-refractivity contribution in [1.82, 2.24) is 14.8 Å². The molecule has 6 rings (SSSR count). The van der Waals surface area contributed by atoms with Crippen LogP contribution in [-0.2, 0) is 29.3 Å². The van der Waals surface area contributed by atoms with Crippen molar-refractivity contribution < 1.29 is 34.0 Å². The van der Waals surface area contributed by atoms with Crippen LogP contribution in [0.3, 0.4) is 0 Å². The Morgan fingerprint density at radius 2 is 1.75 bits per heavy atom. The number of aliphatic hydroxyl groups excluding tert-OH is 1. The first kappa shape index (κ1) is 40.0. The number of benzene rings is 3. The first-order valence-electron chi connectivity index (χ1n) is 18.9. The zero-order valence-corrected chi connectivity index (χ0v) is 32.3. The van der Waals surface area contributed by atoms with Gasteiger partial charge in [0.15, 0.2) is 0 Å². The van der Waals surface area contributed by atoms with Crippen LogP contribution in [0.4, 0.5) is 0 Å².